The number of halogens is 3. The molecule has 0 amide bonds. The van der Waals surface area contributed by atoms with Gasteiger partial charge in [0.05, 0.1) is 11.6 Å². The number of rotatable bonds is 8. The molecule has 0 aliphatic carbocycles. The molecule has 1 unspecified atom stereocenters. The lowest BCUT2D eigenvalue weighted by atomic mass is 10.1. The number of ether oxygens (including phenoxy) is 1. The maximum Gasteiger partial charge on any atom is 0.142 e. The topological polar surface area (TPSA) is 24.5 Å². The van der Waals surface area contributed by atoms with E-state index in [0.29, 0.717) is 17.2 Å². The van der Waals surface area contributed by atoms with Crippen LogP contribution < -0.4 is 5.32 Å². The number of nitrogens with zero attached hydrogens (tertiary/aromatic N) is 1. The van der Waals surface area contributed by atoms with Gasteiger partial charge < -0.3 is 15.0 Å². The van der Waals surface area contributed by atoms with Crippen molar-refractivity contribution in [1.29, 1.82) is 0 Å². The van der Waals surface area contributed by atoms with Gasteiger partial charge in [-0.3, -0.25) is 0 Å². The number of hydrogen-bond acceptors (Lipinski definition) is 3. The summed E-state index contributed by atoms with van der Waals surface area (Å²) in [5.74, 6) is -0.447. The number of nitrogens with one attached hydrogen (secondary N) is 1. The molecule has 0 saturated heterocycles. The van der Waals surface area contributed by atoms with Gasteiger partial charge in [0.2, 0.25) is 0 Å². The summed E-state index contributed by atoms with van der Waals surface area (Å²) in [6.45, 7) is 5.19. The number of hydrogen-bond donors (Lipinski definition) is 1. The smallest absolute Gasteiger partial charge is 0.142 e. The molecule has 114 valence electrons. The molecule has 0 aromatic heterocycles. The lowest BCUT2D eigenvalue weighted by Gasteiger charge is -2.20. The summed E-state index contributed by atoms with van der Waals surface area (Å²) in [7, 11) is 3.71. The van der Waals surface area contributed by atoms with E-state index in [9.17, 15) is 4.39 Å². The highest BCUT2D eigenvalue weighted by Gasteiger charge is 2.13. The van der Waals surface area contributed by atoms with Crippen molar-refractivity contribution in [3.63, 3.8) is 0 Å². The highest BCUT2D eigenvalue weighted by atomic mass is 35.5. The van der Waals surface area contributed by atoms with Crippen LogP contribution in [0.3, 0.4) is 0 Å². The van der Waals surface area contributed by atoms with Crippen LogP contribution in [-0.4, -0.2) is 45.3 Å². The number of methoxy groups -OCH3 is 1. The van der Waals surface area contributed by atoms with Crippen molar-refractivity contribution < 1.29 is 9.13 Å². The van der Waals surface area contributed by atoms with Crippen LogP contribution in [0.5, 0.6) is 0 Å². The van der Waals surface area contributed by atoms with Crippen LogP contribution in [0.2, 0.25) is 10.0 Å². The molecule has 0 bridgehead atoms. The highest BCUT2D eigenvalue weighted by molar-refractivity contribution is 6.35. The van der Waals surface area contributed by atoms with Gasteiger partial charge in [-0.2, -0.15) is 0 Å². The van der Waals surface area contributed by atoms with Crippen molar-refractivity contribution in [2.24, 2.45) is 0 Å². The fraction of sp³-hybridized carbons (Fsp3) is 0.571. The van der Waals surface area contributed by atoms with E-state index in [1.807, 2.05) is 14.0 Å². The van der Waals surface area contributed by atoms with Crippen LogP contribution in [0.15, 0.2) is 12.1 Å². The standard InChI is InChI=1S/C14H21Cl2FN2O/c1-10(18-4-5-19(2)6-7-20-3)11-8-14(17)13(16)9-12(11)15/h8-10,18H,4-7H2,1-3H3. The lowest BCUT2D eigenvalue weighted by molar-refractivity contribution is 0.161. The van der Waals surface area contributed by atoms with E-state index in [2.05, 4.69) is 10.2 Å². The summed E-state index contributed by atoms with van der Waals surface area (Å²) < 4.78 is 18.5. The molecule has 0 aliphatic heterocycles. The third-order valence-electron chi connectivity index (χ3n) is 3.13. The molecule has 0 spiro atoms. The summed E-state index contributed by atoms with van der Waals surface area (Å²) in [6.07, 6.45) is 0. The minimum atomic E-state index is -0.447. The molecule has 3 nitrogen and oxygen atoms in total. The van der Waals surface area contributed by atoms with Gasteiger partial charge in [-0.15, -0.1) is 0 Å². The highest BCUT2D eigenvalue weighted by Crippen LogP contribution is 2.28. The quantitative estimate of drug-likeness (QED) is 0.743. The zero-order chi connectivity index (χ0) is 15.1. The Bertz CT molecular complexity index is 432. The van der Waals surface area contributed by atoms with E-state index in [1.165, 1.54) is 12.1 Å². The van der Waals surface area contributed by atoms with Gasteiger partial charge in [0.1, 0.15) is 5.82 Å². The molecule has 0 radical (unpaired) electrons. The average molecular weight is 323 g/mol. The molecule has 1 atom stereocenters. The Balaban J connectivity index is 2.47. The molecule has 1 rings (SSSR count). The van der Waals surface area contributed by atoms with E-state index in [1.54, 1.807) is 7.11 Å². The second kappa shape index (κ2) is 8.80. The van der Waals surface area contributed by atoms with Crippen LogP contribution in [0.1, 0.15) is 18.5 Å². The minimum absolute atomic E-state index is 0.0370. The van der Waals surface area contributed by atoms with E-state index >= 15 is 0 Å². The second-order valence-electron chi connectivity index (χ2n) is 4.76. The predicted molar refractivity (Wildman–Crippen MR) is 82.2 cm³/mol. The third-order valence-corrected chi connectivity index (χ3v) is 3.74. The van der Waals surface area contributed by atoms with E-state index in [0.717, 1.165) is 19.6 Å². The zero-order valence-electron chi connectivity index (χ0n) is 12.0. The predicted octanol–water partition coefficient (Wildman–Crippen LogP) is 3.36. The van der Waals surface area contributed by atoms with Crippen LogP contribution in [-0.2, 0) is 4.74 Å². The Morgan fingerprint density at radius 2 is 2.00 bits per heavy atom. The molecule has 1 aromatic rings. The van der Waals surface area contributed by atoms with Gasteiger partial charge in [0, 0.05) is 37.8 Å². The summed E-state index contributed by atoms with van der Waals surface area (Å²) in [4.78, 5) is 2.16. The first kappa shape index (κ1) is 17.7. The largest absolute Gasteiger partial charge is 0.383 e. The van der Waals surface area contributed by atoms with Gasteiger partial charge >= 0.3 is 0 Å². The van der Waals surface area contributed by atoms with Gasteiger partial charge in [0.15, 0.2) is 0 Å². The van der Waals surface area contributed by atoms with E-state index in [4.69, 9.17) is 27.9 Å². The van der Waals surface area contributed by atoms with Crippen molar-refractivity contribution in [3.8, 4) is 0 Å². The average Bonchev–Trinajstić information content (AvgIpc) is 2.40. The third kappa shape index (κ3) is 5.54. The molecule has 1 N–H and O–H groups in total. The minimum Gasteiger partial charge on any atom is -0.383 e. The van der Waals surface area contributed by atoms with Crippen molar-refractivity contribution in [2.75, 3.05) is 40.4 Å². The van der Waals surface area contributed by atoms with Crippen LogP contribution in [0.25, 0.3) is 0 Å². The Labute approximate surface area is 130 Å². The molecule has 1 aromatic carbocycles. The van der Waals surface area contributed by atoms with Gasteiger partial charge in [-0.05, 0) is 31.7 Å². The molecule has 20 heavy (non-hydrogen) atoms. The molecule has 0 heterocycles. The Hall–Kier alpha value is -0.390. The molecular formula is C14H21Cl2FN2O. The van der Waals surface area contributed by atoms with Gasteiger partial charge in [0.25, 0.3) is 0 Å². The fourth-order valence-corrected chi connectivity index (χ4v) is 2.36. The van der Waals surface area contributed by atoms with E-state index < -0.39 is 5.82 Å². The first-order chi connectivity index (χ1) is 9.45. The summed E-state index contributed by atoms with van der Waals surface area (Å²) in [5.41, 5.74) is 0.716. The summed E-state index contributed by atoms with van der Waals surface area (Å²) >= 11 is 11.8. The molecule has 0 saturated carbocycles. The maximum absolute atomic E-state index is 13.5. The second-order valence-corrected chi connectivity index (χ2v) is 5.57. The van der Waals surface area contributed by atoms with E-state index in [-0.39, 0.29) is 11.1 Å². The SMILES string of the molecule is COCCN(C)CCNC(C)c1cc(F)c(Cl)cc1Cl. The number of likely N-dealkylation sites (N-methyl/N-ethyl adjacent to an activating group) is 1. The zero-order valence-corrected chi connectivity index (χ0v) is 13.6. The number of benzene rings is 1. The molecule has 0 fully saturated rings. The monoisotopic (exact) mass is 322 g/mol. The molecule has 0 aliphatic rings. The van der Waals surface area contributed by atoms with Crippen LogP contribution >= 0.6 is 23.2 Å². The first-order valence-corrected chi connectivity index (χ1v) is 7.26. The Morgan fingerprint density at radius 3 is 2.65 bits per heavy atom. The Morgan fingerprint density at radius 1 is 1.30 bits per heavy atom. The van der Waals surface area contributed by atoms with Gasteiger partial charge in [-0.1, -0.05) is 23.2 Å². The van der Waals surface area contributed by atoms with Crippen LogP contribution in [0, 0.1) is 5.82 Å². The van der Waals surface area contributed by atoms with Crippen molar-refractivity contribution in [3.05, 3.63) is 33.6 Å². The lowest BCUT2D eigenvalue weighted by Crippen LogP contribution is -2.32. The first-order valence-electron chi connectivity index (χ1n) is 6.51. The maximum atomic E-state index is 13.5. The van der Waals surface area contributed by atoms with Crippen molar-refractivity contribution in [1.82, 2.24) is 10.2 Å². The van der Waals surface area contributed by atoms with Gasteiger partial charge in [-0.25, -0.2) is 4.39 Å². The summed E-state index contributed by atoms with van der Waals surface area (Å²) in [6, 6.07) is 2.79. The fourth-order valence-electron chi connectivity index (χ4n) is 1.81. The van der Waals surface area contributed by atoms with Crippen LogP contribution in [0.4, 0.5) is 4.39 Å². The molecular weight excluding hydrogens is 302 g/mol. The normalized spacial score (nSPS) is 12.9. The van der Waals surface area contributed by atoms with Crippen molar-refractivity contribution in [2.45, 2.75) is 13.0 Å². The Kier molecular flexibility index (Phi) is 7.77. The van der Waals surface area contributed by atoms with Crippen molar-refractivity contribution >= 4 is 23.2 Å². The molecule has 6 heteroatoms. The summed E-state index contributed by atoms with van der Waals surface area (Å²) in [5, 5.41) is 3.84.